The predicted molar refractivity (Wildman–Crippen MR) is 102 cm³/mol. The van der Waals surface area contributed by atoms with Crippen molar-refractivity contribution in [3.05, 3.63) is 47.7 Å². The number of amides is 1. The van der Waals surface area contributed by atoms with Crippen molar-refractivity contribution in [1.29, 1.82) is 0 Å². The maximum atomic E-state index is 12.6. The molecular weight excluding hydrogens is 332 g/mol. The molecule has 2 aromatic carbocycles. The Morgan fingerprint density at radius 2 is 1.65 bits per heavy atom. The summed E-state index contributed by atoms with van der Waals surface area (Å²) in [5.74, 6) is 1.80. The minimum absolute atomic E-state index is 0.145. The Morgan fingerprint density at radius 3 is 2.23 bits per heavy atom. The molecule has 6 heteroatoms. The minimum Gasteiger partial charge on any atom is -0.497 e. The molecule has 0 unspecified atom stereocenters. The number of carbonyl (C=O) groups excluding carboxylic acids is 1. The van der Waals surface area contributed by atoms with Gasteiger partial charge in [-0.2, -0.15) is 0 Å². The molecule has 1 heterocycles. The summed E-state index contributed by atoms with van der Waals surface area (Å²) < 4.78 is 15.9. The standard InChI is InChI=1S/C20H22N2O4/c1-5-15(21-12-6-8-13(24-2)9-7-12)19-14-10-17(25-3)18(26-4)11-16(14)22-20(19)23/h6-11,21H,5H2,1-4H3,(H,22,23). The van der Waals surface area contributed by atoms with E-state index in [0.717, 1.165) is 22.7 Å². The van der Waals surface area contributed by atoms with Crippen LogP contribution in [0.3, 0.4) is 0 Å². The lowest BCUT2D eigenvalue weighted by atomic mass is 10.0. The lowest BCUT2D eigenvalue weighted by molar-refractivity contribution is -0.110. The first-order valence-electron chi connectivity index (χ1n) is 8.33. The van der Waals surface area contributed by atoms with Gasteiger partial charge in [0.15, 0.2) is 11.5 Å². The number of ether oxygens (including phenoxy) is 3. The van der Waals surface area contributed by atoms with Crippen molar-refractivity contribution >= 4 is 22.9 Å². The number of nitrogens with one attached hydrogen (secondary N) is 2. The van der Waals surface area contributed by atoms with E-state index in [4.69, 9.17) is 14.2 Å². The van der Waals surface area contributed by atoms with Crippen LogP contribution in [0, 0.1) is 0 Å². The zero-order valence-corrected chi connectivity index (χ0v) is 15.3. The highest BCUT2D eigenvalue weighted by Crippen LogP contribution is 2.42. The molecule has 0 saturated heterocycles. The zero-order chi connectivity index (χ0) is 18.7. The molecule has 1 aliphatic rings. The van der Waals surface area contributed by atoms with E-state index in [1.807, 2.05) is 37.3 Å². The molecule has 0 aliphatic carbocycles. The third-order valence-corrected chi connectivity index (χ3v) is 4.31. The van der Waals surface area contributed by atoms with Gasteiger partial charge in [0.25, 0.3) is 5.91 Å². The number of rotatable bonds is 6. The van der Waals surface area contributed by atoms with Crippen molar-refractivity contribution in [3.63, 3.8) is 0 Å². The van der Waals surface area contributed by atoms with Crippen molar-refractivity contribution in [3.8, 4) is 17.2 Å². The number of hydrogen-bond donors (Lipinski definition) is 2. The van der Waals surface area contributed by atoms with Gasteiger partial charge >= 0.3 is 0 Å². The summed E-state index contributed by atoms with van der Waals surface area (Å²) in [6, 6.07) is 11.2. The van der Waals surface area contributed by atoms with E-state index in [9.17, 15) is 4.79 Å². The van der Waals surface area contributed by atoms with Crippen molar-refractivity contribution in [2.24, 2.45) is 0 Å². The predicted octanol–water partition coefficient (Wildman–Crippen LogP) is 3.90. The fraction of sp³-hybridized carbons (Fsp3) is 0.250. The molecule has 26 heavy (non-hydrogen) atoms. The SMILES string of the molecule is CCC(Nc1ccc(OC)cc1)=C1C(=O)Nc2cc(OC)c(OC)cc21. The first kappa shape index (κ1) is 17.7. The number of benzene rings is 2. The first-order chi connectivity index (χ1) is 12.6. The maximum absolute atomic E-state index is 12.6. The monoisotopic (exact) mass is 354 g/mol. The van der Waals surface area contributed by atoms with Gasteiger partial charge < -0.3 is 24.8 Å². The van der Waals surface area contributed by atoms with Gasteiger partial charge in [0.2, 0.25) is 0 Å². The van der Waals surface area contributed by atoms with Crippen molar-refractivity contribution in [2.75, 3.05) is 32.0 Å². The number of anilines is 2. The van der Waals surface area contributed by atoms with Gasteiger partial charge in [-0.3, -0.25) is 4.79 Å². The quantitative estimate of drug-likeness (QED) is 0.770. The molecular formula is C20H22N2O4. The highest BCUT2D eigenvalue weighted by molar-refractivity contribution is 6.32. The molecule has 2 N–H and O–H groups in total. The molecule has 0 atom stereocenters. The van der Waals surface area contributed by atoms with Crippen LogP contribution < -0.4 is 24.8 Å². The molecule has 1 amide bonds. The summed E-state index contributed by atoms with van der Waals surface area (Å²) in [6.45, 7) is 2.00. The lowest BCUT2D eigenvalue weighted by Crippen LogP contribution is -2.10. The van der Waals surface area contributed by atoms with Gasteiger partial charge in [-0.05, 0) is 36.8 Å². The fourth-order valence-electron chi connectivity index (χ4n) is 2.97. The lowest BCUT2D eigenvalue weighted by Gasteiger charge is -2.14. The molecule has 0 fully saturated rings. The number of carbonyl (C=O) groups is 1. The van der Waals surface area contributed by atoms with Crippen LogP contribution in [0.1, 0.15) is 18.9 Å². The van der Waals surface area contributed by atoms with Gasteiger partial charge in [0.1, 0.15) is 5.75 Å². The molecule has 1 aliphatic heterocycles. The third-order valence-electron chi connectivity index (χ3n) is 4.31. The Balaban J connectivity index is 2.03. The molecule has 2 aromatic rings. The Bertz CT molecular complexity index is 857. The van der Waals surface area contributed by atoms with Crippen LogP contribution in [0.2, 0.25) is 0 Å². The molecule has 0 radical (unpaired) electrons. The van der Waals surface area contributed by atoms with E-state index in [0.29, 0.717) is 29.2 Å². The normalized spacial score (nSPS) is 14.4. The molecule has 0 aromatic heterocycles. The molecule has 6 nitrogen and oxygen atoms in total. The van der Waals surface area contributed by atoms with Gasteiger partial charge in [0, 0.05) is 23.0 Å². The Hall–Kier alpha value is -3.15. The van der Waals surface area contributed by atoms with E-state index in [-0.39, 0.29) is 5.91 Å². The van der Waals surface area contributed by atoms with Gasteiger partial charge in [-0.25, -0.2) is 0 Å². The molecule has 0 spiro atoms. The average Bonchev–Trinajstić information content (AvgIpc) is 3.00. The highest BCUT2D eigenvalue weighted by atomic mass is 16.5. The van der Waals surface area contributed by atoms with Gasteiger partial charge in [-0.15, -0.1) is 0 Å². The van der Waals surface area contributed by atoms with Crippen LogP contribution in [0.25, 0.3) is 5.57 Å². The molecule has 3 rings (SSSR count). The largest absolute Gasteiger partial charge is 0.497 e. The maximum Gasteiger partial charge on any atom is 0.258 e. The molecule has 0 saturated carbocycles. The summed E-state index contributed by atoms with van der Waals surface area (Å²) >= 11 is 0. The number of fused-ring (bicyclic) bond motifs is 1. The van der Waals surface area contributed by atoms with Crippen molar-refractivity contribution in [2.45, 2.75) is 13.3 Å². The van der Waals surface area contributed by atoms with Crippen molar-refractivity contribution in [1.82, 2.24) is 0 Å². The number of methoxy groups -OCH3 is 3. The molecule has 136 valence electrons. The van der Waals surface area contributed by atoms with Crippen LogP contribution in [0.15, 0.2) is 42.1 Å². The van der Waals surface area contributed by atoms with Gasteiger partial charge in [0.05, 0.1) is 32.6 Å². The fourth-order valence-corrected chi connectivity index (χ4v) is 2.97. The topological polar surface area (TPSA) is 68.8 Å². The summed E-state index contributed by atoms with van der Waals surface area (Å²) in [5.41, 5.74) is 3.84. The van der Waals surface area contributed by atoms with Crippen molar-refractivity contribution < 1.29 is 19.0 Å². The zero-order valence-electron chi connectivity index (χ0n) is 15.3. The second kappa shape index (κ2) is 7.39. The summed E-state index contributed by atoms with van der Waals surface area (Å²) in [4.78, 5) is 12.6. The molecule has 0 bridgehead atoms. The number of allylic oxidation sites excluding steroid dienone is 1. The van der Waals surface area contributed by atoms with Crippen LogP contribution >= 0.6 is 0 Å². The van der Waals surface area contributed by atoms with Crippen LogP contribution in [-0.4, -0.2) is 27.2 Å². The Kier molecular flexibility index (Phi) is 5.02. The summed E-state index contributed by atoms with van der Waals surface area (Å²) in [7, 11) is 4.78. The summed E-state index contributed by atoms with van der Waals surface area (Å²) in [6.07, 6.45) is 0.669. The number of hydrogen-bond acceptors (Lipinski definition) is 5. The second-order valence-electron chi connectivity index (χ2n) is 5.77. The van der Waals surface area contributed by atoms with E-state index in [2.05, 4.69) is 10.6 Å². The van der Waals surface area contributed by atoms with E-state index < -0.39 is 0 Å². The minimum atomic E-state index is -0.145. The van der Waals surface area contributed by atoms with E-state index in [1.165, 1.54) is 0 Å². The van der Waals surface area contributed by atoms with E-state index >= 15 is 0 Å². The smallest absolute Gasteiger partial charge is 0.258 e. The van der Waals surface area contributed by atoms with Crippen LogP contribution in [-0.2, 0) is 4.79 Å². The average molecular weight is 354 g/mol. The second-order valence-corrected chi connectivity index (χ2v) is 5.77. The van der Waals surface area contributed by atoms with E-state index in [1.54, 1.807) is 27.4 Å². The van der Waals surface area contributed by atoms with Crippen LogP contribution in [0.5, 0.6) is 17.2 Å². The summed E-state index contributed by atoms with van der Waals surface area (Å²) in [5, 5.41) is 6.25. The third kappa shape index (κ3) is 3.18. The highest BCUT2D eigenvalue weighted by Gasteiger charge is 2.29. The van der Waals surface area contributed by atoms with Crippen LogP contribution in [0.4, 0.5) is 11.4 Å². The van der Waals surface area contributed by atoms with Gasteiger partial charge in [-0.1, -0.05) is 6.92 Å². The Morgan fingerprint density at radius 1 is 1.00 bits per heavy atom. The first-order valence-corrected chi connectivity index (χ1v) is 8.33. The Labute approximate surface area is 152 Å².